The predicted octanol–water partition coefficient (Wildman–Crippen LogP) is 1.39. The summed E-state index contributed by atoms with van der Waals surface area (Å²) < 4.78 is 37.0. The largest absolute Gasteiger partial charge is 0.374 e. The molecule has 0 heterocycles. The minimum atomic E-state index is -3.68. The molecule has 0 saturated carbocycles. The molecule has 1 amide bonds. The Morgan fingerprint density at radius 3 is 1.79 bits per heavy atom. The lowest BCUT2D eigenvalue weighted by atomic mass is 9.95. The molecule has 0 aliphatic heterocycles. The van der Waals surface area contributed by atoms with Crippen LogP contribution in [0.15, 0.2) is 0 Å². The van der Waals surface area contributed by atoms with Crippen molar-refractivity contribution in [1.82, 2.24) is 5.32 Å². The fraction of sp³-hybridized carbons (Fsp3) is 0.833. The van der Waals surface area contributed by atoms with E-state index in [0.29, 0.717) is 0 Å². The highest BCUT2D eigenvalue weighted by Crippen LogP contribution is 2.18. The summed E-state index contributed by atoms with van der Waals surface area (Å²) in [5, 5.41) is 2.62. The molecule has 0 fully saturated rings. The number of hydrogen-bond acceptors (Lipinski definition) is 8. The number of carbonyl (C=O) groups excluding carboxylic acids is 3. The molecule has 29 heavy (non-hydrogen) atoms. The van der Waals surface area contributed by atoms with Crippen molar-refractivity contribution in [3.05, 3.63) is 0 Å². The molecule has 0 spiro atoms. The Kier molecular flexibility index (Phi) is 15.3. The molecule has 0 aliphatic rings. The predicted molar refractivity (Wildman–Crippen MR) is 108 cm³/mol. The molecule has 174 valence electrons. The van der Waals surface area contributed by atoms with Crippen LogP contribution in [0.2, 0.25) is 0 Å². The maximum atomic E-state index is 11.9. The van der Waals surface area contributed by atoms with Crippen molar-refractivity contribution in [3.63, 3.8) is 0 Å². The van der Waals surface area contributed by atoms with Gasteiger partial charge in [0, 0.05) is 20.6 Å². The maximum Gasteiger partial charge on any atom is 0.269 e. The number of amides is 1. The highest BCUT2D eigenvalue weighted by atomic mass is 32.2. The van der Waals surface area contributed by atoms with Crippen LogP contribution in [0.5, 0.6) is 0 Å². The molecule has 1 N–H and O–H groups in total. The second-order valence-electron chi connectivity index (χ2n) is 7.28. The van der Waals surface area contributed by atoms with Crippen LogP contribution in [-0.4, -0.2) is 70.2 Å². The molecule has 0 rings (SSSR count). The number of halogens is 1. The summed E-state index contributed by atoms with van der Waals surface area (Å²) in [7, 11) is 0.327. The number of rotatable bonds is 11. The van der Waals surface area contributed by atoms with Crippen molar-refractivity contribution in [1.29, 1.82) is 0 Å². The van der Waals surface area contributed by atoms with Gasteiger partial charge in [0.25, 0.3) is 10.1 Å². The van der Waals surface area contributed by atoms with Crippen molar-refractivity contribution in [2.75, 3.05) is 27.1 Å². The van der Waals surface area contributed by atoms with E-state index in [1.54, 1.807) is 27.7 Å². The Morgan fingerprint density at radius 1 is 1.03 bits per heavy atom. The minimum Gasteiger partial charge on any atom is -0.374 e. The first-order chi connectivity index (χ1) is 12.6. The van der Waals surface area contributed by atoms with E-state index in [4.69, 9.17) is 4.74 Å². The molecule has 0 aliphatic carbocycles. The molecule has 0 aromatic rings. The second kappa shape index (κ2) is 13.7. The van der Waals surface area contributed by atoms with Gasteiger partial charge in [-0.25, -0.2) is 0 Å². The molecule has 11 heteroatoms. The van der Waals surface area contributed by atoms with Gasteiger partial charge in [0.15, 0.2) is 11.6 Å². The fourth-order valence-corrected chi connectivity index (χ4v) is 2.99. The summed E-state index contributed by atoms with van der Waals surface area (Å²) in [6.45, 7) is 9.42. The first-order valence-corrected chi connectivity index (χ1v) is 10.3. The van der Waals surface area contributed by atoms with Crippen LogP contribution in [0.4, 0.5) is 4.70 Å². The molecule has 9 nitrogen and oxygen atoms in total. The van der Waals surface area contributed by atoms with E-state index in [1.165, 1.54) is 28.1 Å². The van der Waals surface area contributed by atoms with Crippen LogP contribution in [0, 0.1) is 0 Å². The molecular formula is C18H36FNO8S. The van der Waals surface area contributed by atoms with Gasteiger partial charge < -0.3 is 14.8 Å². The summed E-state index contributed by atoms with van der Waals surface area (Å²) in [5.41, 5.74) is -1.98. The first kappa shape index (κ1) is 32.2. The molecule has 0 radical (unpaired) electrons. The zero-order valence-corrected chi connectivity index (χ0v) is 19.6. The lowest BCUT2D eigenvalue weighted by Crippen LogP contribution is -2.49. The Balaban J connectivity index is -0.000000721. The zero-order chi connectivity index (χ0) is 22.8. The van der Waals surface area contributed by atoms with Crippen molar-refractivity contribution >= 4 is 27.6 Å². The molecule has 0 aromatic heterocycles. The second-order valence-corrected chi connectivity index (χ2v) is 9.02. The highest BCUT2D eigenvalue weighted by Gasteiger charge is 2.32. The summed E-state index contributed by atoms with van der Waals surface area (Å²) in [6, 6.07) is 0. The van der Waals surface area contributed by atoms with Gasteiger partial charge in [-0.3, -0.25) is 23.3 Å². The van der Waals surface area contributed by atoms with Crippen molar-refractivity contribution in [2.45, 2.75) is 71.6 Å². The average molecular weight is 446 g/mol. The van der Waals surface area contributed by atoms with E-state index >= 15 is 0 Å². The minimum absolute atomic E-state index is 0. The zero-order valence-electron chi connectivity index (χ0n) is 18.8. The Hall–Kier alpha value is -1.43. The van der Waals surface area contributed by atoms with Gasteiger partial charge >= 0.3 is 0 Å². The van der Waals surface area contributed by atoms with Gasteiger partial charge in [0.1, 0.15) is 11.7 Å². The number of Topliss-reactive ketones (excluding diaryl/α,β-unsaturated/α-hetero) is 2. The first-order valence-electron chi connectivity index (χ1n) is 8.74. The van der Waals surface area contributed by atoms with E-state index in [2.05, 4.69) is 14.2 Å². The molecule has 0 aromatic carbocycles. The van der Waals surface area contributed by atoms with Gasteiger partial charge in [-0.15, -0.1) is 0 Å². The fourth-order valence-electron chi connectivity index (χ4n) is 1.92. The molecule has 0 saturated heterocycles. The quantitative estimate of drug-likeness (QED) is 0.473. The number of carbonyl (C=O) groups is 3. The third kappa shape index (κ3) is 14.2. The van der Waals surface area contributed by atoms with Gasteiger partial charge in [-0.2, -0.15) is 8.42 Å². The van der Waals surface area contributed by atoms with Crippen LogP contribution in [0.25, 0.3) is 0 Å². The van der Waals surface area contributed by atoms with E-state index in [9.17, 15) is 22.8 Å². The molecule has 2 atom stereocenters. The monoisotopic (exact) mass is 445 g/mol. The van der Waals surface area contributed by atoms with Crippen LogP contribution < -0.4 is 5.32 Å². The normalized spacial score (nSPS) is 14.4. The third-order valence-electron chi connectivity index (χ3n) is 4.22. The Bertz CT molecular complexity index is 636. The van der Waals surface area contributed by atoms with Crippen LogP contribution in [0.1, 0.15) is 54.4 Å². The SMILES string of the molecule is COC(C)(CCC(=O)NC(C)(C)CS(=O)(=O)OC)C(C)=O.COC(C)C(C)=O.F. The van der Waals surface area contributed by atoms with E-state index < -0.39 is 21.3 Å². The van der Waals surface area contributed by atoms with Crippen molar-refractivity contribution in [3.8, 4) is 0 Å². The van der Waals surface area contributed by atoms with Crippen molar-refractivity contribution in [2.24, 2.45) is 0 Å². The maximum absolute atomic E-state index is 11.9. The van der Waals surface area contributed by atoms with Crippen LogP contribution in [0.3, 0.4) is 0 Å². The number of hydrogen-bond donors (Lipinski definition) is 1. The molecule has 0 bridgehead atoms. The Labute approximate surface area is 173 Å². The highest BCUT2D eigenvalue weighted by molar-refractivity contribution is 7.86. The van der Waals surface area contributed by atoms with Gasteiger partial charge in [-0.05, 0) is 48.0 Å². The van der Waals surface area contributed by atoms with E-state index in [0.717, 1.165) is 7.11 Å². The summed E-state index contributed by atoms with van der Waals surface area (Å²) in [6.07, 6.45) is 0.0398. The topological polar surface area (TPSA) is 125 Å². The van der Waals surface area contributed by atoms with Gasteiger partial charge in [-0.1, -0.05) is 0 Å². The Morgan fingerprint density at radius 2 is 1.52 bits per heavy atom. The van der Waals surface area contributed by atoms with Gasteiger partial charge in [0.05, 0.1) is 18.4 Å². The number of ketones is 2. The molecular weight excluding hydrogens is 409 g/mol. The summed E-state index contributed by atoms with van der Waals surface area (Å²) >= 11 is 0. The lowest BCUT2D eigenvalue weighted by Gasteiger charge is -2.28. The van der Waals surface area contributed by atoms with Crippen molar-refractivity contribution < 1.29 is 41.2 Å². The smallest absolute Gasteiger partial charge is 0.269 e. The van der Waals surface area contributed by atoms with E-state index in [-0.39, 0.29) is 46.9 Å². The summed E-state index contributed by atoms with van der Waals surface area (Å²) in [5.74, 6) is -0.784. The van der Waals surface area contributed by atoms with Gasteiger partial charge in [0.2, 0.25) is 5.91 Å². The molecule has 2 unspecified atom stereocenters. The standard InChI is InChI=1S/C13H25NO6S.C5H10O2.FH/c1-10(15)13(4,19-5)8-7-11(16)14-12(2,3)9-21(17,18)20-6;1-4(6)5(2)7-3;/h7-9H2,1-6H3,(H,14,16);5H,1-3H3;1H. The van der Waals surface area contributed by atoms with Crippen LogP contribution in [-0.2, 0) is 38.2 Å². The number of ether oxygens (including phenoxy) is 2. The average Bonchev–Trinajstić information content (AvgIpc) is 2.57. The number of methoxy groups -OCH3 is 2. The third-order valence-corrected chi connectivity index (χ3v) is 5.80. The lowest BCUT2D eigenvalue weighted by molar-refractivity contribution is -0.138. The summed E-state index contributed by atoms with van der Waals surface area (Å²) in [4.78, 5) is 33.6. The number of nitrogens with one attached hydrogen (secondary N) is 1. The van der Waals surface area contributed by atoms with E-state index in [1.807, 2.05) is 0 Å². The van der Waals surface area contributed by atoms with Crippen LogP contribution >= 0.6 is 0 Å².